The summed E-state index contributed by atoms with van der Waals surface area (Å²) in [4.78, 5) is 12.0. The lowest BCUT2D eigenvalue weighted by Gasteiger charge is -2.17. The third kappa shape index (κ3) is 7.90. The Morgan fingerprint density at radius 1 is 1.22 bits per heavy atom. The molecule has 8 nitrogen and oxygen atoms in total. The Balaban J connectivity index is 1.94. The van der Waals surface area contributed by atoms with E-state index in [1.165, 1.54) is 12.6 Å². The molecule has 0 aliphatic carbocycles. The molecule has 2 aromatic rings. The van der Waals surface area contributed by atoms with Gasteiger partial charge in [0.1, 0.15) is 22.9 Å². The van der Waals surface area contributed by atoms with Gasteiger partial charge in [-0.1, -0.05) is 26.0 Å². The van der Waals surface area contributed by atoms with Gasteiger partial charge in [0, 0.05) is 20.1 Å². The quantitative estimate of drug-likeness (QED) is 0.389. The van der Waals surface area contributed by atoms with Crippen molar-refractivity contribution in [3.63, 3.8) is 0 Å². The van der Waals surface area contributed by atoms with E-state index < -0.39 is 11.4 Å². The molecule has 0 spiro atoms. The molecule has 2 N–H and O–H groups in total. The summed E-state index contributed by atoms with van der Waals surface area (Å²) in [5, 5.41) is 13.8. The van der Waals surface area contributed by atoms with Gasteiger partial charge < -0.3 is 19.7 Å². The summed E-state index contributed by atoms with van der Waals surface area (Å²) in [5.41, 5.74) is 5.36. The molecule has 2 aromatic carbocycles. The van der Waals surface area contributed by atoms with Gasteiger partial charge in [0.05, 0.1) is 0 Å². The van der Waals surface area contributed by atoms with Gasteiger partial charge in [-0.2, -0.15) is 5.06 Å². The van der Waals surface area contributed by atoms with E-state index in [0.717, 1.165) is 33.7 Å². The first-order valence-electron chi connectivity index (χ1n) is 10.4. The number of nitrogens with zero attached hydrogens (tertiary/aromatic N) is 1. The minimum atomic E-state index is -2.64. The molecule has 1 atom stereocenters. The Kier molecular flexibility index (Phi) is 9.64. The Morgan fingerprint density at radius 2 is 1.88 bits per heavy atom. The van der Waals surface area contributed by atoms with Crippen molar-refractivity contribution >= 4 is 17.3 Å². The van der Waals surface area contributed by atoms with Crippen LogP contribution in [0.1, 0.15) is 47.6 Å². The van der Waals surface area contributed by atoms with Crippen LogP contribution in [0.15, 0.2) is 30.3 Å². The largest absolute Gasteiger partial charge is 0.748 e. The molecule has 0 aromatic heterocycles. The van der Waals surface area contributed by atoms with E-state index in [-0.39, 0.29) is 31.5 Å². The summed E-state index contributed by atoms with van der Waals surface area (Å²) in [5.74, 6) is 0.849. The second-order valence-corrected chi connectivity index (χ2v) is 8.59. The van der Waals surface area contributed by atoms with Gasteiger partial charge in [0.15, 0.2) is 6.61 Å². The van der Waals surface area contributed by atoms with Crippen LogP contribution < -0.4 is 10.1 Å². The fraction of sp³-hybridized carbons (Fsp3) is 0.435. The monoisotopic (exact) mass is 463 g/mol. The number of hydrogen-bond acceptors (Lipinski definition) is 7. The number of phenolic OH excluding ortho intramolecular Hbond substituents is 1. The topological polar surface area (TPSA) is 111 Å². The molecule has 0 bridgehead atoms. The van der Waals surface area contributed by atoms with Crippen LogP contribution in [0.5, 0.6) is 11.5 Å². The molecular formula is C23H31N2O6S-. The molecule has 9 heteroatoms. The van der Waals surface area contributed by atoms with Crippen molar-refractivity contribution < 1.29 is 27.7 Å². The van der Waals surface area contributed by atoms with E-state index >= 15 is 0 Å². The molecule has 0 radical (unpaired) electrons. The number of aromatic hydroxyl groups is 1. The van der Waals surface area contributed by atoms with E-state index in [9.17, 15) is 18.7 Å². The summed E-state index contributed by atoms with van der Waals surface area (Å²) in [6.07, 6.45) is 0.738. The summed E-state index contributed by atoms with van der Waals surface area (Å²) in [6.45, 7) is 8.41. The number of aryl methyl sites for hydroxylation is 2. The van der Waals surface area contributed by atoms with Crippen molar-refractivity contribution in [1.29, 1.82) is 0 Å². The van der Waals surface area contributed by atoms with Crippen molar-refractivity contribution in [1.82, 2.24) is 10.4 Å². The number of likely N-dealkylation sites (N-methyl/N-ethyl adjacent to an activating group) is 1. The number of amides is 1. The lowest BCUT2D eigenvalue weighted by atomic mass is 9.93. The molecule has 0 aliphatic rings. The van der Waals surface area contributed by atoms with Crippen molar-refractivity contribution in [2.45, 2.75) is 40.0 Å². The number of phenols is 1. The van der Waals surface area contributed by atoms with E-state index in [1.54, 1.807) is 6.07 Å². The number of nitrogens with one attached hydrogen (secondary N) is 1. The number of rotatable bonds is 11. The highest BCUT2D eigenvalue weighted by Gasteiger charge is 2.12. The number of hydroxylamine groups is 2. The highest BCUT2D eigenvalue weighted by atomic mass is 32.2. The second-order valence-electron chi connectivity index (χ2n) is 8.03. The van der Waals surface area contributed by atoms with E-state index in [4.69, 9.17) is 4.74 Å². The van der Waals surface area contributed by atoms with Crippen molar-refractivity contribution in [2.75, 3.05) is 26.7 Å². The lowest BCUT2D eigenvalue weighted by Crippen LogP contribution is -2.35. The fourth-order valence-corrected chi connectivity index (χ4v) is 3.67. The highest BCUT2D eigenvalue weighted by molar-refractivity contribution is 7.74. The van der Waals surface area contributed by atoms with Crippen LogP contribution in [0.3, 0.4) is 0 Å². The van der Waals surface area contributed by atoms with Crippen LogP contribution in [-0.4, -0.2) is 51.6 Å². The Labute approximate surface area is 192 Å². The third-order valence-electron chi connectivity index (χ3n) is 5.07. The Morgan fingerprint density at radius 3 is 2.47 bits per heavy atom. The molecule has 0 aliphatic heterocycles. The number of carbonyl (C=O) groups excluding carboxylic acids is 1. The van der Waals surface area contributed by atoms with E-state index in [0.29, 0.717) is 11.5 Å². The van der Waals surface area contributed by atoms with Crippen molar-refractivity contribution in [3.05, 3.63) is 58.1 Å². The normalized spacial score (nSPS) is 12.2. The van der Waals surface area contributed by atoms with E-state index in [1.807, 2.05) is 38.1 Å². The third-order valence-corrected chi connectivity index (χ3v) is 5.45. The summed E-state index contributed by atoms with van der Waals surface area (Å²) in [6, 6.07) is 9.54. The van der Waals surface area contributed by atoms with Gasteiger partial charge in [-0.3, -0.25) is 4.79 Å². The van der Waals surface area contributed by atoms with Crippen LogP contribution in [0.2, 0.25) is 0 Å². The maximum absolute atomic E-state index is 12.0. The summed E-state index contributed by atoms with van der Waals surface area (Å²) < 4.78 is 30.9. The lowest BCUT2D eigenvalue weighted by molar-refractivity contribution is -0.123. The predicted octanol–water partition coefficient (Wildman–Crippen LogP) is 2.88. The highest BCUT2D eigenvalue weighted by Crippen LogP contribution is 2.29. The van der Waals surface area contributed by atoms with Crippen LogP contribution in [0.25, 0.3) is 0 Å². The molecule has 176 valence electrons. The van der Waals surface area contributed by atoms with E-state index in [2.05, 4.69) is 23.4 Å². The van der Waals surface area contributed by atoms with Crippen molar-refractivity contribution in [2.24, 2.45) is 0 Å². The molecule has 32 heavy (non-hydrogen) atoms. The molecule has 0 heterocycles. The minimum absolute atomic E-state index is 0.147. The molecule has 1 unspecified atom stereocenters. The zero-order valence-corrected chi connectivity index (χ0v) is 20.0. The number of ether oxygens (including phenoxy) is 1. The van der Waals surface area contributed by atoms with Gasteiger partial charge >= 0.3 is 0 Å². The van der Waals surface area contributed by atoms with Crippen LogP contribution in [0.4, 0.5) is 0 Å². The second kappa shape index (κ2) is 12.0. The fourth-order valence-electron chi connectivity index (χ4n) is 3.39. The summed E-state index contributed by atoms with van der Waals surface area (Å²) >= 11 is -2.64. The summed E-state index contributed by atoms with van der Waals surface area (Å²) in [7, 11) is 1.45. The smallest absolute Gasteiger partial charge is 0.257 e. The first-order valence-corrected chi connectivity index (χ1v) is 11.4. The average Bonchev–Trinajstić information content (AvgIpc) is 2.69. The molecule has 0 saturated carbocycles. The van der Waals surface area contributed by atoms with Crippen LogP contribution in [-0.2, 0) is 26.9 Å². The first kappa shape index (κ1) is 25.8. The SMILES string of the molecule is Cc1cc(OCC(=O)NCCN(C)OS(=O)[O-])cc(C)c1Cc1ccc(O)c(C(C)C)c1. The minimum Gasteiger partial charge on any atom is -0.748 e. The molecule has 0 fully saturated rings. The van der Waals surface area contributed by atoms with Gasteiger partial charge in [0.25, 0.3) is 5.91 Å². The molecule has 0 saturated heterocycles. The van der Waals surface area contributed by atoms with Gasteiger partial charge in [0.2, 0.25) is 0 Å². The average molecular weight is 464 g/mol. The number of benzene rings is 2. The standard InChI is InChI=1S/C23H32N2O6S/c1-15(2)20-12-18(6-7-22(20)26)13-21-16(3)10-19(11-17(21)4)30-14-23(27)24-8-9-25(5)31-32(28)29/h6-7,10-12,15,26H,8-9,13-14H2,1-5H3,(H,24,27)(H,28,29)/p-1. The van der Waals surface area contributed by atoms with Crippen LogP contribution >= 0.6 is 0 Å². The zero-order valence-electron chi connectivity index (χ0n) is 19.1. The molecule has 1 amide bonds. The molecular weight excluding hydrogens is 432 g/mol. The number of hydrogen-bond donors (Lipinski definition) is 2. The van der Waals surface area contributed by atoms with Gasteiger partial charge in [-0.05, 0) is 72.2 Å². The predicted molar refractivity (Wildman–Crippen MR) is 122 cm³/mol. The Bertz CT molecular complexity index is 940. The number of carbonyl (C=O) groups is 1. The zero-order chi connectivity index (χ0) is 23.8. The maximum atomic E-state index is 12.0. The Hall–Kier alpha value is -2.46. The van der Waals surface area contributed by atoms with Gasteiger partial charge in [-0.15, -0.1) is 0 Å². The van der Waals surface area contributed by atoms with Crippen molar-refractivity contribution in [3.8, 4) is 11.5 Å². The maximum Gasteiger partial charge on any atom is 0.257 e. The molecule has 2 rings (SSSR count). The van der Waals surface area contributed by atoms with Gasteiger partial charge in [-0.25, -0.2) is 8.49 Å². The van der Waals surface area contributed by atoms with Crippen LogP contribution in [0, 0.1) is 13.8 Å². The first-order chi connectivity index (χ1) is 15.1.